The SMILES string of the molecule is CC(C)(C)c1ccc2c(c1)OCCOCCOc1cc(C(C)(C)C)ccc1OCC(=O)NCCNC(=O)CO2. The molecule has 0 atom stereocenters. The van der Waals surface area contributed by atoms with Gasteiger partial charge in [0.25, 0.3) is 11.8 Å². The molecule has 0 radical (unpaired) electrons. The van der Waals surface area contributed by atoms with Crippen LogP contribution in [0.4, 0.5) is 0 Å². The third-order valence-corrected chi connectivity index (χ3v) is 6.08. The van der Waals surface area contributed by atoms with Gasteiger partial charge in [-0.2, -0.15) is 0 Å². The van der Waals surface area contributed by atoms with Gasteiger partial charge in [0.2, 0.25) is 0 Å². The first-order chi connectivity index (χ1) is 18.4. The third-order valence-electron chi connectivity index (χ3n) is 6.08. The number of ether oxygens (including phenoxy) is 5. The van der Waals surface area contributed by atoms with Crippen molar-refractivity contribution < 1.29 is 33.3 Å². The molecule has 2 amide bonds. The van der Waals surface area contributed by atoms with Gasteiger partial charge in [0.15, 0.2) is 36.2 Å². The average Bonchev–Trinajstić information content (AvgIpc) is 2.87. The van der Waals surface area contributed by atoms with Gasteiger partial charge in [-0.25, -0.2) is 0 Å². The molecule has 1 aliphatic rings. The minimum atomic E-state index is -0.304. The van der Waals surface area contributed by atoms with Crippen LogP contribution in [0.3, 0.4) is 0 Å². The molecule has 2 N–H and O–H groups in total. The van der Waals surface area contributed by atoms with Crippen molar-refractivity contribution in [2.75, 3.05) is 52.7 Å². The van der Waals surface area contributed by atoms with Gasteiger partial charge in [-0.1, -0.05) is 53.7 Å². The van der Waals surface area contributed by atoms with Crippen LogP contribution < -0.4 is 29.6 Å². The van der Waals surface area contributed by atoms with Gasteiger partial charge in [0, 0.05) is 13.1 Å². The van der Waals surface area contributed by atoms with E-state index < -0.39 is 0 Å². The van der Waals surface area contributed by atoms with Crippen LogP contribution >= 0.6 is 0 Å². The van der Waals surface area contributed by atoms with Crippen molar-refractivity contribution in [2.45, 2.75) is 52.4 Å². The Bertz CT molecular complexity index is 1030. The second kappa shape index (κ2) is 13.6. The summed E-state index contributed by atoms with van der Waals surface area (Å²) in [5, 5.41) is 5.47. The Morgan fingerprint density at radius 1 is 0.564 bits per heavy atom. The van der Waals surface area contributed by atoms with E-state index in [9.17, 15) is 9.59 Å². The molecule has 3 rings (SSSR count). The van der Waals surface area contributed by atoms with Crippen molar-refractivity contribution in [2.24, 2.45) is 0 Å². The highest BCUT2D eigenvalue weighted by molar-refractivity contribution is 5.78. The average molecular weight is 543 g/mol. The summed E-state index contributed by atoms with van der Waals surface area (Å²) in [5.74, 6) is 1.44. The smallest absolute Gasteiger partial charge is 0.258 e. The van der Waals surface area contributed by atoms with E-state index in [1.807, 2.05) is 36.4 Å². The molecule has 0 fully saturated rings. The Morgan fingerprint density at radius 3 is 1.36 bits per heavy atom. The lowest BCUT2D eigenvalue weighted by Gasteiger charge is -2.22. The zero-order valence-corrected chi connectivity index (χ0v) is 24.0. The van der Waals surface area contributed by atoms with E-state index in [1.165, 1.54) is 0 Å². The molecule has 1 aliphatic heterocycles. The number of hydrogen-bond donors (Lipinski definition) is 2. The number of benzene rings is 2. The highest BCUT2D eigenvalue weighted by Crippen LogP contribution is 2.34. The first-order valence-electron chi connectivity index (χ1n) is 13.3. The molecule has 0 aromatic heterocycles. The number of carbonyl (C=O) groups excluding carboxylic acids is 2. The lowest BCUT2D eigenvalue weighted by atomic mass is 9.87. The molecule has 0 spiro atoms. The molecular formula is C30H42N2O7. The molecule has 2 aromatic carbocycles. The Labute approximate surface area is 231 Å². The molecule has 0 saturated heterocycles. The fourth-order valence-electron chi connectivity index (χ4n) is 3.73. The van der Waals surface area contributed by atoms with E-state index in [2.05, 4.69) is 52.2 Å². The standard InChI is InChI=1S/C30H42N2O7/c1-29(2,3)21-7-9-23-25(17-21)36-15-13-35-14-16-37-26-18-22(30(4,5)6)8-10-24(26)39-20-28(34)32-12-11-31-27(33)19-38-23/h7-10,17-18H,11-16,19-20H2,1-6H3,(H,31,33)(H,32,34). The van der Waals surface area contributed by atoms with Gasteiger partial charge in [0.05, 0.1) is 13.2 Å². The zero-order valence-electron chi connectivity index (χ0n) is 24.0. The van der Waals surface area contributed by atoms with E-state index in [-0.39, 0.29) is 48.9 Å². The maximum Gasteiger partial charge on any atom is 0.258 e. The predicted octanol–water partition coefficient (Wildman–Crippen LogP) is 3.76. The number of carbonyl (C=O) groups is 2. The Morgan fingerprint density at radius 2 is 0.974 bits per heavy atom. The van der Waals surface area contributed by atoms with Gasteiger partial charge in [0.1, 0.15) is 13.2 Å². The highest BCUT2D eigenvalue weighted by Gasteiger charge is 2.19. The fraction of sp³-hybridized carbons (Fsp3) is 0.533. The quantitative estimate of drug-likeness (QED) is 0.522. The van der Waals surface area contributed by atoms with Crippen LogP contribution in [0.1, 0.15) is 52.7 Å². The summed E-state index contributed by atoms with van der Waals surface area (Å²) < 4.78 is 29.2. The van der Waals surface area contributed by atoms with Crippen molar-refractivity contribution in [1.29, 1.82) is 0 Å². The van der Waals surface area contributed by atoms with Gasteiger partial charge < -0.3 is 34.3 Å². The second-order valence-electron chi connectivity index (χ2n) is 11.4. The molecule has 39 heavy (non-hydrogen) atoms. The minimum Gasteiger partial charge on any atom is -0.487 e. The number of fused-ring (bicyclic) bond motifs is 2. The molecule has 0 saturated carbocycles. The number of nitrogens with one attached hydrogen (secondary N) is 2. The van der Waals surface area contributed by atoms with Crippen molar-refractivity contribution in [3.05, 3.63) is 47.5 Å². The maximum absolute atomic E-state index is 12.3. The molecule has 1 heterocycles. The monoisotopic (exact) mass is 542 g/mol. The zero-order chi connectivity index (χ0) is 28.5. The normalized spacial score (nSPS) is 16.9. The molecule has 2 aromatic rings. The predicted molar refractivity (Wildman–Crippen MR) is 149 cm³/mol. The second-order valence-corrected chi connectivity index (χ2v) is 11.4. The van der Waals surface area contributed by atoms with E-state index >= 15 is 0 Å². The third kappa shape index (κ3) is 9.66. The number of hydrogen-bond acceptors (Lipinski definition) is 7. The summed E-state index contributed by atoms with van der Waals surface area (Å²) in [4.78, 5) is 24.6. The Kier molecular flexibility index (Phi) is 10.5. The van der Waals surface area contributed by atoms with Gasteiger partial charge >= 0.3 is 0 Å². The summed E-state index contributed by atoms with van der Waals surface area (Å²) >= 11 is 0. The summed E-state index contributed by atoms with van der Waals surface area (Å²) in [7, 11) is 0. The molecular weight excluding hydrogens is 500 g/mol. The van der Waals surface area contributed by atoms with E-state index in [0.717, 1.165) is 11.1 Å². The van der Waals surface area contributed by atoms with Gasteiger partial charge in [-0.3, -0.25) is 9.59 Å². The maximum atomic E-state index is 12.3. The largest absolute Gasteiger partial charge is 0.487 e. The highest BCUT2D eigenvalue weighted by atomic mass is 16.6. The molecule has 9 nitrogen and oxygen atoms in total. The van der Waals surface area contributed by atoms with E-state index in [1.54, 1.807) is 0 Å². The van der Waals surface area contributed by atoms with Crippen molar-refractivity contribution >= 4 is 11.8 Å². The Balaban J connectivity index is 1.72. The van der Waals surface area contributed by atoms with Crippen LogP contribution in [-0.2, 0) is 25.2 Å². The summed E-state index contributed by atoms with van der Waals surface area (Å²) in [6.45, 7) is 14.2. The first-order valence-corrected chi connectivity index (χ1v) is 13.3. The topological polar surface area (TPSA) is 104 Å². The van der Waals surface area contributed by atoms with Crippen LogP contribution in [0.15, 0.2) is 36.4 Å². The molecule has 0 bridgehead atoms. The molecule has 0 unspecified atom stereocenters. The first kappa shape index (κ1) is 30.1. The van der Waals surface area contributed by atoms with Crippen LogP contribution in [0, 0.1) is 0 Å². The van der Waals surface area contributed by atoms with E-state index in [0.29, 0.717) is 49.4 Å². The lowest BCUT2D eigenvalue weighted by Crippen LogP contribution is -2.38. The van der Waals surface area contributed by atoms with Crippen molar-refractivity contribution in [3.63, 3.8) is 0 Å². The summed E-state index contributed by atoms with van der Waals surface area (Å²) in [6, 6.07) is 11.4. The summed E-state index contributed by atoms with van der Waals surface area (Å²) in [6.07, 6.45) is 0. The van der Waals surface area contributed by atoms with Crippen LogP contribution in [0.5, 0.6) is 23.0 Å². The lowest BCUT2D eigenvalue weighted by molar-refractivity contribution is -0.124. The molecule has 9 heteroatoms. The van der Waals surface area contributed by atoms with Gasteiger partial charge in [-0.05, 0) is 46.2 Å². The van der Waals surface area contributed by atoms with Crippen molar-refractivity contribution in [3.8, 4) is 23.0 Å². The van der Waals surface area contributed by atoms with E-state index in [4.69, 9.17) is 23.7 Å². The Hall–Kier alpha value is -3.46. The molecule has 214 valence electrons. The summed E-state index contributed by atoms with van der Waals surface area (Å²) in [5.41, 5.74) is 2.01. The van der Waals surface area contributed by atoms with Gasteiger partial charge in [-0.15, -0.1) is 0 Å². The van der Waals surface area contributed by atoms with Crippen LogP contribution in [-0.4, -0.2) is 64.5 Å². The minimum absolute atomic E-state index is 0.0805. The van der Waals surface area contributed by atoms with Crippen molar-refractivity contribution in [1.82, 2.24) is 10.6 Å². The van der Waals surface area contributed by atoms with Crippen LogP contribution in [0.2, 0.25) is 0 Å². The number of amides is 2. The molecule has 0 aliphatic carbocycles. The number of rotatable bonds is 0. The van der Waals surface area contributed by atoms with Crippen LogP contribution in [0.25, 0.3) is 0 Å². The fourth-order valence-corrected chi connectivity index (χ4v) is 3.73.